The van der Waals surface area contributed by atoms with Crippen LogP contribution in [0.3, 0.4) is 0 Å². The van der Waals surface area contributed by atoms with Gasteiger partial charge in [0.2, 0.25) is 5.91 Å². The summed E-state index contributed by atoms with van der Waals surface area (Å²) >= 11 is 0. The van der Waals surface area contributed by atoms with Crippen LogP contribution in [0.5, 0.6) is 0 Å². The maximum atomic E-state index is 12.6. The zero-order valence-electron chi connectivity index (χ0n) is 14.3. The Balaban J connectivity index is 2.22. The molecule has 0 saturated heterocycles. The number of aliphatic hydroxyl groups excluding tert-OH is 2. The molecule has 0 aliphatic heterocycles. The number of hydrogen-bond acceptors (Lipinski definition) is 4. The maximum Gasteiger partial charge on any atom is 0.229 e. The lowest BCUT2D eigenvalue weighted by atomic mass is 9.95. The lowest BCUT2D eigenvalue weighted by Crippen LogP contribution is -2.38. The molecule has 2 aromatic carbocycles. The highest BCUT2D eigenvalue weighted by atomic mass is 16.3. The molecule has 0 aliphatic carbocycles. The van der Waals surface area contributed by atoms with E-state index in [1.165, 1.54) is 4.90 Å². The zero-order valence-corrected chi connectivity index (χ0v) is 14.3. The number of amides is 1. The molecule has 0 heterocycles. The van der Waals surface area contributed by atoms with Crippen molar-refractivity contribution in [2.75, 3.05) is 26.3 Å². The molecule has 1 amide bonds. The van der Waals surface area contributed by atoms with Crippen molar-refractivity contribution in [3.8, 4) is 0 Å². The van der Waals surface area contributed by atoms with Crippen molar-refractivity contribution in [1.29, 1.82) is 0 Å². The largest absolute Gasteiger partial charge is 0.395 e. The molecule has 0 aromatic heterocycles. The van der Waals surface area contributed by atoms with Crippen LogP contribution in [0.4, 0.5) is 0 Å². The van der Waals surface area contributed by atoms with E-state index in [-0.39, 0.29) is 38.0 Å². The number of carbonyl (C=O) groups excluding carboxylic acids is 2. The lowest BCUT2D eigenvalue weighted by molar-refractivity contribution is -0.133. The molecule has 2 N–H and O–H groups in total. The van der Waals surface area contributed by atoms with Crippen molar-refractivity contribution in [3.05, 3.63) is 71.3 Å². The molecule has 2 rings (SSSR count). The van der Waals surface area contributed by atoms with E-state index in [9.17, 15) is 9.59 Å². The van der Waals surface area contributed by atoms with Gasteiger partial charge in [0, 0.05) is 24.2 Å². The first-order valence-electron chi connectivity index (χ1n) is 8.28. The van der Waals surface area contributed by atoms with E-state index in [4.69, 9.17) is 10.2 Å². The monoisotopic (exact) mass is 341 g/mol. The molecule has 132 valence electrons. The van der Waals surface area contributed by atoms with Crippen molar-refractivity contribution < 1.29 is 19.8 Å². The third-order valence-electron chi connectivity index (χ3n) is 4.11. The van der Waals surface area contributed by atoms with Crippen molar-refractivity contribution in [2.24, 2.45) is 0 Å². The highest BCUT2D eigenvalue weighted by Gasteiger charge is 2.22. The van der Waals surface area contributed by atoms with Gasteiger partial charge in [-0.2, -0.15) is 0 Å². The van der Waals surface area contributed by atoms with Gasteiger partial charge in [-0.15, -0.1) is 0 Å². The standard InChI is InChI=1S/C20H23NO4/c1-15(20(25)21(10-12-22)11-13-23)17-8-5-9-18(14-17)19(24)16-6-3-2-4-7-16/h2-9,14-15,22-23H,10-13H2,1H3. The van der Waals surface area contributed by atoms with Crippen molar-refractivity contribution in [1.82, 2.24) is 4.90 Å². The Bertz CT molecular complexity index is 709. The Morgan fingerprint density at radius 1 is 0.920 bits per heavy atom. The Morgan fingerprint density at radius 3 is 2.12 bits per heavy atom. The minimum Gasteiger partial charge on any atom is -0.395 e. The van der Waals surface area contributed by atoms with Crippen LogP contribution in [-0.4, -0.2) is 53.1 Å². The van der Waals surface area contributed by atoms with Crippen molar-refractivity contribution in [3.63, 3.8) is 0 Å². The molecule has 2 aromatic rings. The van der Waals surface area contributed by atoms with E-state index in [2.05, 4.69) is 0 Å². The smallest absolute Gasteiger partial charge is 0.229 e. The van der Waals surface area contributed by atoms with Gasteiger partial charge in [0.05, 0.1) is 19.1 Å². The van der Waals surface area contributed by atoms with E-state index in [0.29, 0.717) is 11.1 Å². The molecule has 0 aliphatic rings. The Hall–Kier alpha value is -2.50. The first-order valence-corrected chi connectivity index (χ1v) is 8.28. The number of benzene rings is 2. The fraction of sp³-hybridized carbons (Fsp3) is 0.300. The molecular weight excluding hydrogens is 318 g/mol. The first-order chi connectivity index (χ1) is 12.1. The van der Waals surface area contributed by atoms with Gasteiger partial charge < -0.3 is 15.1 Å². The number of hydrogen-bond donors (Lipinski definition) is 2. The van der Waals surface area contributed by atoms with Gasteiger partial charge >= 0.3 is 0 Å². The maximum absolute atomic E-state index is 12.6. The summed E-state index contributed by atoms with van der Waals surface area (Å²) in [5, 5.41) is 18.2. The summed E-state index contributed by atoms with van der Waals surface area (Å²) in [5.41, 5.74) is 1.85. The number of carbonyl (C=O) groups is 2. The average Bonchev–Trinajstić information content (AvgIpc) is 2.67. The quantitative estimate of drug-likeness (QED) is 0.718. The van der Waals surface area contributed by atoms with Crippen LogP contribution in [0.25, 0.3) is 0 Å². The Kier molecular flexibility index (Phi) is 6.86. The van der Waals surface area contributed by atoms with Gasteiger partial charge in [-0.05, 0) is 18.6 Å². The second-order valence-corrected chi connectivity index (χ2v) is 5.81. The molecule has 1 unspecified atom stereocenters. The van der Waals surface area contributed by atoms with E-state index in [0.717, 1.165) is 5.56 Å². The minimum absolute atomic E-state index is 0.0929. The van der Waals surface area contributed by atoms with Gasteiger partial charge in [0.15, 0.2) is 5.78 Å². The molecular formula is C20H23NO4. The lowest BCUT2D eigenvalue weighted by Gasteiger charge is -2.24. The van der Waals surface area contributed by atoms with Crippen LogP contribution in [0, 0.1) is 0 Å². The fourth-order valence-corrected chi connectivity index (χ4v) is 2.70. The summed E-state index contributed by atoms with van der Waals surface area (Å²) < 4.78 is 0. The van der Waals surface area contributed by atoms with E-state index in [1.54, 1.807) is 43.3 Å². The molecule has 1 atom stereocenters. The van der Waals surface area contributed by atoms with Crippen molar-refractivity contribution in [2.45, 2.75) is 12.8 Å². The molecule has 0 radical (unpaired) electrons. The number of ketones is 1. The van der Waals surface area contributed by atoms with Crippen LogP contribution in [-0.2, 0) is 4.79 Å². The number of rotatable bonds is 8. The number of nitrogens with zero attached hydrogens (tertiary/aromatic N) is 1. The van der Waals surface area contributed by atoms with Crippen LogP contribution in [0.15, 0.2) is 54.6 Å². The van der Waals surface area contributed by atoms with Gasteiger partial charge in [0.1, 0.15) is 0 Å². The fourth-order valence-electron chi connectivity index (χ4n) is 2.70. The SMILES string of the molecule is CC(C(=O)N(CCO)CCO)c1cccc(C(=O)c2ccccc2)c1. The molecule has 0 spiro atoms. The normalized spacial score (nSPS) is 11.8. The van der Waals surface area contributed by atoms with Crippen LogP contribution in [0.2, 0.25) is 0 Å². The summed E-state index contributed by atoms with van der Waals surface area (Å²) in [6, 6.07) is 16.0. The molecule has 5 heteroatoms. The van der Waals surface area contributed by atoms with E-state index < -0.39 is 5.92 Å². The topological polar surface area (TPSA) is 77.8 Å². The summed E-state index contributed by atoms with van der Waals surface area (Å²) in [6.07, 6.45) is 0. The van der Waals surface area contributed by atoms with Crippen molar-refractivity contribution >= 4 is 11.7 Å². The highest BCUT2D eigenvalue weighted by Crippen LogP contribution is 2.21. The summed E-state index contributed by atoms with van der Waals surface area (Å²) in [6.45, 7) is 1.78. The third kappa shape index (κ3) is 4.75. The van der Waals surface area contributed by atoms with Gasteiger partial charge in [-0.25, -0.2) is 0 Å². The van der Waals surface area contributed by atoms with Gasteiger partial charge in [-0.3, -0.25) is 9.59 Å². The van der Waals surface area contributed by atoms with E-state index >= 15 is 0 Å². The van der Waals surface area contributed by atoms with E-state index in [1.807, 2.05) is 18.2 Å². The molecule has 5 nitrogen and oxygen atoms in total. The molecule has 0 saturated carbocycles. The molecule has 0 bridgehead atoms. The van der Waals surface area contributed by atoms with Crippen LogP contribution in [0.1, 0.15) is 34.3 Å². The Labute approximate surface area is 147 Å². The summed E-state index contributed by atoms with van der Waals surface area (Å²) in [4.78, 5) is 26.6. The van der Waals surface area contributed by atoms with Gasteiger partial charge in [0.25, 0.3) is 0 Å². The molecule has 25 heavy (non-hydrogen) atoms. The predicted octanol–water partition coefficient (Wildman–Crippen LogP) is 1.83. The minimum atomic E-state index is -0.471. The average molecular weight is 341 g/mol. The second-order valence-electron chi connectivity index (χ2n) is 5.81. The first kappa shape index (κ1) is 18.8. The zero-order chi connectivity index (χ0) is 18.2. The van der Waals surface area contributed by atoms with Crippen LogP contribution < -0.4 is 0 Å². The van der Waals surface area contributed by atoms with Crippen LogP contribution >= 0.6 is 0 Å². The highest BCUT2D eigenvalue weighted by molar-refractivity contribution is 6.09. The third-order valence-corrected chi connectivity index (χ3v) is 4.11. The van der Waals surface area contributed by atoms with Gasteiger partial charge in [-0.1, -0.05) is 48.5 Å². The predicted molar refractivity (Wildman–Crippen MR) is 95.5 cm³/mol. The summed E-state index contributed by atoms with van der Waals surface area (Å²) in [5.74, 6) is -0.751. The molecule has 0 fully saturated rings. The second kappa shape index (κ2) is 9.11. The Morgan fingerprint density at radius 2 is 1.52 bits per heavy atom. The number of aliphatic hydroxyl groups is 2. The summed E-state index contributed by atoms with van der Waals surface area (Å²) in [7, 11) is 0.